The smallest absolute Gasteiger partial charge is 0.225 e. The molecule has 0 atom stereocenters. The van der Waals surface area contributed by atoms with Crippen molar-refractivity contribution < 1.29 is 4.79 Å². The van der Waals surface area contributed by atoms with E-state index in [4.69, 9.17) is 0 Å². The molecular formula is C21H23N5O. The van der Waals surface area contributed by atoms with Crippen LogP contribution >= 0.6 is 0 Å². The van der Waals surface area contributed by atoms with E-state index in [0.717, 1.165) is 55.5 Å². The lowest BCUT2D eigenvalue weighted by molar-refractivity contribution is 0.103. The van der Waals surface area contributed by atoms with E-state index < -0.39 is 0 Å². The van der Waals surface area contributed by atoms with Gasteiger partial charge in [0.15, 0.2) is 5.78 Å². The first-order chi connectivity index (χ1) is 13.2. The second-order valence-electron chi connectivity index (χ2n) is 6.84. The van der Waals surface area contributed by atoms with Gasteiger partial charge in [-0.1, -0.05) is 30.3 Å². The number of piperazine rings is 1. The Balaban J connectivity index is 1.39. The van der Waals surface area contributed by atoms with Crippen LogP contribution < -0.4 is 4.90 Å². The Bertz CT molecular complexity index is 899. The van der Waals surface area contributed by atoms with Crippen molar-refractivity contribution in [1.29, 1.82) is 0 Å². The molecule has 1 fully saturated rings. The summed E-state index contributed by atoms with van der Waals surface area (Å²) in [4.78, 5) is 25.9. The molecule has 3 heterocycles. The van der Waals surface area contributed by atoms with Gasteiger partial charge in [-0.05, 0) is 12.1 Å². The van der Waals surface area contributed by atoms with Crippen molar-refractivity contribution in [2.45, 2.75) is 6.54 Å². The maximum absolute atomic E-state index is 12.7. The fourth-order valence-corrected chi connectivity index (χ4v) is 3.44. The summed E-state index contributed by atoms with van der Waals surface area (Å²) in [5.74, 6) is 0.871. The summed E-state index contributed by atoms with van der Waals surface area (Å²) in [6, 6.07) is 13.3. The topological polar surface area (TPSA) is 54.3 Å². The molecule has 6 nitrogen and oxygen atoms in total. The van der Waals surface area contributed by atoms with Crippen molar-refractivity contribution in [3.63, 3.8) is 0 Å². The Morgan fingerprint density at radius 1 is 0.963 bits per heavy atom. The predicted molar refractivity (Wildman–Crippen MR) is 105 cm³/mol. The Morgan fingerprint density at radius 2 is 1.67 bits per heavy atom. The van der Waals surface area contributed by atoms with Gasteiger partial charge < -0.3 is 9.47 Å². The average Bonchev–Trinajstić information content (AvgIpc) is 3.09. The Kier molecular flexibility index (Phi) is 4.98. The first-order valence-electron chi connectivity index (χ1n) is 9.20. The molecule has 0 N–H and O–H groups in total. The number of rotatable bonds is 5. The maximum Gasteiger partial charge on any atom is 0.225 e. The number of aromatic nitrogens is 3. The zero-order valence-electron chi connectivity index (χ0n) is 15.5. The normalized spacial score (nSPS) is 15.1. The molecule has 1 aliphatic rings. The molecule has 27 heavy (non-hydrogen) atoms. The number of nitrogens with zero attached hydrogens (tertiary/aromatic N) is 5. The molecule has 6 heteroatoms. The summed E-state index contributed by atoms with van der Waals surface area (Å²) < 4.78 is 2.06. The Labute approximate surface area is 159 Å². The van der Waals surface area contributed by atoms with Crippen molar-refractivity contribution in [2.75, 3.05) is 31.1 Å². The molecule has 0 aliphatic carbocycles. The number of carbonyl (C=O) groups excluding carboxylic acids is 1. The lowest BCUT2D eigenvalue weighted by atomic mass is 10.1. The number of carbonyl (C=O) groups is 1. The molecule has 0 radical (unpaired) electrons. The van der Waals surface area contributed by atoms with Gasteiger partial charge in [-0.2, -0.15) is 0 Å². The van der Waals surface area contributed by atoms with Crippen molar-refractivity contribution in [1.82, 2.24) is 19.4 Å². The minimum Gasteiger partial charge on any atom is -0.353 e. The van der Waals surface area contributed by atoms with Crippen LogP contribution in [0, 0.1) is 0 Å². The van der Waals surface area contributed by atoms with Crippen LogP contribution in [0.15, 0.2) is 61.1 Å². The van der Waals surface area contributed by atoms with E-state index in [1.165, 1.54) is 0 Å². The van der Waals surface area contributed by atoms with Crippen LogP contribution in [-0.2, 0) is 13.6 Å². The third-order valence-corrected chi connectivity index (χ3v) is 5.00. The Morgan fingerprint density at radius 3 is 2.37 bits per heavy atom. The van der Waals surface area contributed by atoms with Crippen molar-refractivity contribution >= 4 is 11.7 Å². The van der Waals surface area contributed by atoms with Crippen LogP contribution in [0.2, 0.25) is 0 Å². The number of hydrogen-bond donors (Lipinski definition) is 0. The molecule has 1 aromatic carbocycles. The summed E-state index contributed by atoms with van der Waals surface area (Å²) in [5.41, 5.74) is 2.62. The van der Waals surface area contributed by atoms with Crippen molar-refractivity contribution in [2.24, 2.45) is 7.05 Å². The SMILES string of the molecule is Cn1cc(C(=O)c2ccccc2)cc1CN1CCN(c2ncccn2)CC1. The van der Waals surface area contributed by atoms with E-state index in [9.17, 15) is 4.79 Å². The highest BCUT2D eigenvalue weighted by Crippen LogP contribution is 2.17. The summed E-state index contributed by atoms with van der Waals surface area (Å²) >= 11 is 0. The minimum absolute atomic E-state index is 0.0727. The summed E-state index contributed by atoms with van der Waals surface area (Å²) in [6.45, 7) is 4.55. The van der Waals surface area contributed by atoms with Gasteiger partial charge in [0.1, 0.15) is 0 Å². The molecule has 2 aromatic heterocycles. The zero-order valence-corrected chi connectivity index (χ0v) is 15.5. The second kappa shape index (κ2) is 7.72. The highest BCUT2D eigenvalue weighted by Gasteiger charge is 2.20. The monoisotopic (exact) mass is 361 g/mol. The first-order valence-corrected chi connectivity index (χ1v) is 9.20. The maximum atomic E-state index is 12.7. The second-order valence-corrected chi connectivity index (χ2v) is 6.84. The first kappa shape index (κ1) is 17.4. The Hall–Kier alpha value is -2.99. The van der Waals surface area contributed by atoms with Gasteiger partial charge in [0.05, 0.1) is 0 Å². The molecule has 3 aromatic rings. The van der Waals surface area contributed by atoms with Gasteiger partial charge in [-0.25, -0.2) is 9.97 Å². The molecule has 138 valence electrons. The van der Waals surface area contributed by atoms with E-state index in [0.29, 0.717) is 0 Å². The molecule has 0 amide bonds. The third kappa shape index (κ3) is 3.90. The molecule has 1 aliphatic heterocycles. The molecule has 0 unspecified atom stereocenters. The van der Waals surface area contributed by atoms with Gasteiger partial charge in [-0.15, -0.1) is 0 Å². The van der Waals surface area contributed by atoms with Crippen LogP contribution in [0.25, 0.3) is 0 Å². The number of benzene rings is 1. The number of ketones is 1. The van der Waals surface area contributed by atoms with E-state index in [2.05, 4.69) is 24.3 Å². The van der Waals surface area contributed by atoms with Crippen LogP contribution in [0.3, 0.4) is 0 Å². The van der Waals surface area contributed by atoms with Gasteiger partial charge >= 0.3 is 0 Å². The quantitative estimate of drug-likeness (QED) is 0.653. The van der Waals surface area contributed by atoms with E-state index in [1.54, 1.807) is 12.4 Å². The summed E-state index contributed by atoms with van der Waals surface area (Å²) in [5, 5.41) is 0. The van der Waals surface area contributed by atoms with Gasteiger partial charge in [0, 0.05) is 75.2 Å². The van der Waals surface area contributed by atoms with Gasteiger partial charge in [-0.3, -0.25) is 9.69 Å². The van der Waals surface area contributed by atoms with Crippen molar-refractivity contribution in [3.8, 4) is 0 Å². The van der Waals surface area contributed by atoms with Crippen LogP contribution in [0.5, 0.6) is 0 Å². The third-order valence-electron chi connectivity index (χ3n) is 5.00. The molecule has 0 spiro atoms. The average molecular weight is 361 g/mol. The van der Waals surface area contributed by atoms with Gasteiger partial charge in [0.25, 0.3) is 0 Å². The number of hydrogen-bond acceptors (Lipinski definition) is 5. The highest BCUT2D eigenvalue weighted by atomic mass is 16.1. The van der Waals surface area contributed by atoms with Crippen LogP contribution in [0.4, 0.5) is 5.95 Å². The standard InChI is InChI=1S/C21H23N5O/c1-24-15-18(20(27)17-6-3-2-4-7-17)14-19(24)16-25-10-12-26(13-11-25)21-22-8-5-9-23-21/h2-9,14-15H,10-13,16H2,1H3. The number of aryl methyl sites for hydroxylation is 1. The number of anilines is 1. The zero-order chi connectivity index (χ0) is 18.6. The van der Waals surface area contributed by atoms with E-state index in [1.807, 2.05) is 55.7 Å². The summed E-state index contributed by atoms with van der Waals surface area (Å²) in [6.07, 6.45) is 5.49. The van der Waals surface area contributed by atoms with E-state index in [-0.39, 0.29) is 5.78 Å². The summed E-state index contributed by atoms with van der Waals surface area (Å²) in [7, 11) is 2.01. The largest absolute Gasteiger partial charge is 0.353 e. The molecule has 4 rings (SSSR count). The molecule has 0 bridgehead atoms. The molecule has 1 saturated heterocycles. The van der Waals surface area contributed by atoms with Crippen LogP contribution in [0.1, 0.15) is 21.6 Å². The molecule has 0 saturated carbocycles. The minimum atomic E-state index is 0.0727. The predicted octanol–water partition coefficient (Wildman–Crippen LogP) is 2.37. The lowest BCUT2D eigenvalue weighted by Crippen LogP contribution is -2.46. The van der Waals surface area contributed by atoms with Crippen molar-refractivity contribution in [3.05, 3.63) is 77.9 Å². The van der Waals surface area contributed by atoms with Gasteiger partial charge in [0.2, 0.25) is 5.95 Å². The fourth-order valence-electron chi connectivity index (χ4n) is 3.44. The lowest BCUT2D eigenvalue weighted by Gasteiger charge is -2.34. The fraction of sp³-hybridized carbons (Fsp3) is 0.286. The molecular weight excluding hydrogens is 338 g/mol. The highest BCUT2D eigenvalue weighted by molar-refractivity contribution is 6.09. The van der Waals surface area contributed by atoms with Crippen LogP contribution in [-0.4, -0.2) is 51.4 Å². The van der Waals surface area contributed by atoms with E-state index >= 15 is 0 Å².